The molecule has 7 heteroatoms. The van der Waals surface area contributed by atoms with Crippen LogP contribution in [0.15, 0.2) is 18.3 Å². The average molecular weight is 278 g/mol. The van der Waals surface area contributed by atoms with Crippen molar-refractivity contribution < 1.29 is 9.59 Å². The Morgan fingerprint density at radius 2 is 2.37 bits per heavy atom. The van der Waals surface area contributed by atoms with E-state index in [1.54, 1.807) is 24.1 Å². The van der Waals surface area contributed by atoms with Crippen LogP contribution >= 0.6 is 12.2 Å². The fourth-order valence-corrected chi connectivity index (χ4v) is 2.01. The Morgan fingerprint density at radius 3 is 3.05 bits per heavy atom. The predicted molar refractivity (Wildman–Crippen MR) is 73.1 cm³/mol. The number of aromatic nitrogens is 1. The summed E-state index contributed by atoms with van der Waals surface area (Å²) in [4.78, 5) is 29.0. The molecule has 2 amide bonds. The topological polar surface area (TPSA) is 88.3 Å². The predicted octanol–water partition coefficient (Wildman–Crippen LogP) is -0.437. The van der Waals surface area contributed by atoms with Crippen LogP contribution < -0.4 is 11.1 Å². The zero-order chi connectivity index (χ0) is 14.0. The molecule has 1 unspecified atom stereocenters. The summed E-state index contributed by atoms with van der Waals surface area (Å²) in [6, 6.07) is 3.23. The zero-order valence-electron chi connectivity index (χ0n) is 10.4. The molecule has 0 radical (unpaired) electrons. The molecule has 0 aliphatic carbocycles. The first kappa shape index (κ1) is 13.6. The fraction of sp³-hybridized carbons (Fsp3) is 0.333. The minimum atomic E-state index is -0.348. The molecule has 1 aromatic rings. The molecule has 0 aromatic carbocycles. The molecular weight excluding hydrogens is 264 g/mol. The first-order valence-electron chi connectivity index (χ1n) is 5.80. The number of imide groups is 1. The van der Waals surface area contributed by atoms with E-state index in [1.165, 1.54) is 0 Å². The van der Waals surface area contributed by atoms with E-state index in [-0.39, 0.29) is 29.4 Å². The van der Waals surface area contributed by atoms with Crippen LogP contribution in [0.1, 0.15) is 18.2 Å². The van der Waals surface area contributed by atoms with Gasteiger partial charge in [-0.25, -0.2) is 0 Å². The van der Waals surface area contributed by atoms with Crippen molar-refractivity contribution in [2.45, 2.75) is 19.5 Å². The lowest BCUT2D eigenvalue weighted by atomic mass is 10.1. The highest BCUT2D eigenvalue weighted by Crippen LogP contribution is 2.11. The summed E-state index contributed by atoms with van der Waals surface area (Å²) in [6.45, 7) is 2.42. The minimum absolute atomic E-state index is 0.192. The molecular formula is C12H14N4O2S. The van der Waals surface area contributed by atoms with Gasteiger partial charge in [0.25, 0.3) is 0 Å². The molecule has 1 saturated heterocycles. The third-order valence-corrected chi connectivity index (χ3v) is 3.21. The van der Waals surface area contributed by atoms with Gasteiger partial charge in [-0.05, 0) is 24.6 Å². The Bertz CT molecular complexity index is 546. The maximum atomic E-state index is 11.6. The fourth-order valence-electron chi connectivity index (χ4n) is 1.90. The van der Waals surface area contributed by atoms with E-state index < -0.39 is 0 Å². The van der Waals surface area contributed by atoms with E-state index in [0.29, 0.717) is 12.2 Å². The summed E-state index contributed by atoms with van der Waals surface area (Å²) < 4.78 is 0. The van der Waals surface area contributed by atoms with Crippen molar-refractivity contribution in [2.24, 2.45) is 5.73 Å². The number of pyridine rings is 1. The van der Waals surface area contributed by atoms with Gasteiger partial charge in [-0.15, -0.1) is 0 Å². The Labute approximate surface area is 116 Å². The van der Waals surface area contributed by atoms with E-state index in [4.69, 9.17) is 18.0 Å². The SMILES string of the molecule is CC1C(=O)NC(=O)CN1Cc1ccnc(C(N)=S)c1. The molecule has 1 aliphatic heterocycles. The average Bonchev–Trinajstić information content (AvgIpc) is 2.35. The van der Waals surface area contributed by atoms with E-state index in [9.17, 15) is 9.59 Å². The number of carbonyl (C=O) groups excluding carboxylic acids is 2. The number of amides is 2. The van der Waals surface area contributed by atoms with Crippen molar-refractivity contribution in [1.82, 2.24) is 15.2 Å². The van der Waals surface area contributed by atoms with Gasteiger partial charge in [0.15, 0.2) is 0 Å². The summed E-state index contributed by atoms with van der Waals surface area (Å²) >= 11 is 4.87. The molecule has 0 bridgehead atoms. The van der Waals surface area contributed by atoms with Crippen LogP contribution in [-0.4, -0.2) is 39.3 Å². The quantitative estimate of drug-likeness (QED) is 0.576. The lowest BCUT2D eigenvalue weighted by Crippen LogP contribution is -2.56. The van der Waals surface area contributed by atoms with Crippen LogP contribution in [0.2, 0.25) is 0 Å². The number of hydrogen-bond acceptors (Lipinski definition) is 5. The number of hydrogen-bond donors (Lipinski definition) is 2. The van der Waals surface area contributed by atoms with Gasteiger partial charge in [0.2, 0.25) is 11.8 Å². The van der Waals surface area contributed by atoms with Gasteiger partial charge in [-0.2, -0.15) is 0 Å². The molecule has 0 spiro atoms. The number of nitrogens with zero attached hydrogens (tertiary/aromatic N) is 2. The third kappa shape index (κ3) is 3.12. The highest BCUT2D eigenvalue weighted by atomic mass is 32.1. The van der Waals surface area contributed by atoms with E-state index in [1.807, 2.05) is 6.07 Å². The van der Waals surface area contributed by atoms with Gasteiger partial charge in [0.1, 0.15) is 4.99 Å². The molecule has 1 aromatic heterocycles. The molecule has 0 saturated carbocycles. The summed E-state index contributed by atoms with van der Waals surface area (Å²) in [7, 11) is 0. The second-order valence-corrected chi connectivity index (χ2v) is 4.85. The molecule has 1 fully saturated rings. The molecule has 1 aliphatic rings. The van der Waals surface area contributed by atoms with Crippen molar-refractivity contribution in [3.8, 4) is 0 Å². The van der Waals surface area contributed by atoms with E-state index in [0.717, 1.165) is 5.56 Å². The summed E-state index contributed by atoms with van der Waals surface area (Å²) in [5.74, 6) is -0.563. The van der Waals surface area contributed by atoms with Crippen LogP contribution in [0.5, 0.6) is 0 Å². The maximum absolute atomic E-state index is 11.6. The second-order valence-electron chi connectivity index (χ2n) is 4.41. The van der Waals surface area contributed by atoms with Gasteiger partial charge in [0.05, 0.1) is 18.3 Å². The molecule has 6 nitrogen and oxygen atoms in total. The normalized spacial score (nSPS) is 20.2. The molecule has 2 rings (SSSR count). The third-order valence-electron chi connectivity index (χ3n) is 3.00. The summed E-state index contributed by atoms with van der Waals surface area (Å²) in [5, 5.41) is 2.30. The van der Waals surface area contributed by atoms with Gasteiger partial charge in [0, 0.05) is 12.7 Å². The minimum Gasteiger partial charge on any atom is -0.388 e. The van der Waals surface area contributed by atoms with Crippen molar-refractivity contribution >= 4 is 29.0 Å². The number of nitrogens with one attached hydrogen (secondary N) is 1. The zero-order valence-corrected chi connectivity index (χ0v) is 11.2. The van der Waals surface area contributed by atoms with Gasteiger partial charge in [-0.3, -0.25) is 24.8 Å². The number of thiocarbonyl (C=S) groups is 1. The Balaban J connectivity index is 2.16. The van der Waals surface area contributed by atoms with Crippen LogP contribution in [0, 0.1) is 0 Å². The smallest absolute Gasteiger partial charge is 0.243 e. The van der Waals surface area contributed by atoms with Crippen molar-refractivity contribution in [2.75, 3.05) is 6.54 Å². The summed E-state index contributed by atoms with van der Waals surface area (Å²) in [6.07, 6.45) is 1.61. The van der Waals surface area contributed by atoms with Crippen molar-refractivity contribution in [3.63, 3.8) is 0 Å². The van der Waals surface area contributed by atoms with Gasteiger partial charge >= 0.3 is 0 Å². The Morgan fingerprint density at radius 1 is 1.63 bits per heavy atom. The number of piperazine rings is 1. The lowest BCUT2D eigenvalue weighted by molar-refractivity contribution is -0.139. The van der Waals surface area contributed by atoms with Crippen LogP contribution in [0.4, 0.5) is 0 Å². The first-order chi connectivity index (χ1) is 8.97. The molecule has 1 atom stereocenters. The van der Waals surface area contributed by atoms with Crippen molar-refractivity contribution in [3.05, 3.63) is 29.6 Å². The maximum Gasteiger partial charge on any atom is 0.243 e. The monoisotopic (exact) mass is 278 g/mol. The largest absolute Gasteiger partial charge is 0.388 e. The van der Waals surface area contributed by atoms with Crippen molar-refractivity contribution in [1.29, 1.82) is 0 Å². The molecule has 19 heavy (non-hydrogen) atoms. The number of nitrogens with two attached hydrogens (primary N) is 1. The standard InChI is InChI=1S/C12H14N4O2S/c1-7-12(18)15-10(17)6-16(7)5-8-2-3-14-9(4-8)11(13)19/h2-4,7H,5-6H2,1H3,(H2,13,19)(H,15,17,18). The molecule has 2 heterocycles. The van der Waals surface area contributed by atoms with Gasteiger partial charge in [-0.1, -0.05) is 12.2 Å². The highest BCUT2D eigenvalue weighted by Gasteiger charge is 2.29. The number of carbonyl (C=O) groups is 2. The first-order valence-corrected chi connectivity index (χ1v) is 6.20. The van der Waals surface area contributed by atoms with Crippen LogP contribution in [-0.2, 0) is 16.1 Å². The highest BCUT2D eigenvalue weighted by molar-refractivity contribution is 7.80. The van der Waals surface area contributed by atoms with Crippen LogP contribution in [0.25, 0.3) is 0 Å². The Kier molecular flexibility index (Phi) is 3.87. The molecule has 100 valence electrons. The van der Waals surface area contributed by atoms with Crippen LogP contribution in [0.3, 0.4) is 0 Å². The number of rotatable bonds is 3. The lowest BCUT2D eigenvalue weighted by Gasteiger charge is -2.31. The second kappa shape index (κ2) is 5.41. The van der Waals surface area contributed by atoms with Gasteiger partial charge < -0.3 is 5.73 Å². The van der Waals surface area contributed by atoms with E-state index >= 15 is 0 Å². The Hall–Kier alpha value is -1.86. The molecule has 3 N–H and O–H groups in total. The van der Waals surface area contributed by atoms with E-state index in [2.05, 4.69) is 10.3 Å². The summed E-state index contributed by atoms with van der Waals surface area (Å²) in [5.41, 5.74) is 6.97.